The smallest absolute Gasteiger partial charge is 0.119 e. The molecule has 0 aliphatic heterocycles. The number of rotatable bonds is 10. The predicted octanol–water partition coefficient (Wildman–Crippen LogP) is 3.92. The summed E-state index contributed by atoms with van der Waals surface area (Å²) < 4.78 is 5.90. The van der Waals surface area contributed by atoms with Crippen LogP contribution in [0.2, 0.25) is 0 Å². The molecule has 0 saturated heterocycles. The maximum atomic E-state index is 5.90. The van der Waals surface area contributed by atoms with E-state index in [2.05, 4.69) is 67.3 Å². The fraction of sp³-hybridized carbons (Fsp3) is 0.429. The van der Waals surface area contributed by atoms with Gasteiger partial charge in [-0.1, -0.05) is 36.4 Å². The molecule has 0 saturated carbocycles. The zero-order chi connectivity index (χ0) is 17.2. The van der Waals surface area contributed by atoms with Gasteiger partial charge in [0.25, 0.3) is 0 Å². The highest BCUT2D eigenvalue weighted by Crippen LogP contribution is 2.16. The number of ether oxygens (including phenoxy) is 1. The number of benzene rings is 2. The Bertz CT molecular complexity index is 598. The van der Waals surface area contributed by atoms with E-state index in [4.69, 9.17) is 10.5 Å². The number of nitrogens with zero attached hydrogens (tertiary/aromatic N) is 1. The number of aryl methyl sites for hydroxylation is 2. The van der Waals surface area contributed by atoms with E-state index in [0.29, 0.717) is 0 Å². The summed E-state index contributed by atoms with van der Waals surface area (Å²) in [4.78, 5) is 2.46. The van der Waals surface area contributed by atoms with Gasteiger partial charge in [-0.25, -0.2) is 0 Å². The van der Waals surface area contributed by atoms with Gasteiger partial charge in [-0.15, -0.1) is 0 Å². The molecule has 2 rings (SSSR count). The highest BCUT2D eigenvalue weighted by Gasteiger charge is 2.06. The Hall–Kier alpha value is -1.84. The summed E-state index contributed by atoms with van der Waals surface area (Å²) in [5.74, 6) is 0.967. The van der Waals surface area contributed by atoms with Crippen molar-refractivity contribution in [2.45, 2.75) is 33.2 Å². The SMILES string of the molecule is Cc1ccc(OCCCN(CCCN)Cc2ccccc2)cc1C. The largest absolute Gasteiger partial charge is 0.494 e. The highest BCUT2D eigenvalue weighted by atomic mass is 16.5. The number of hydrogen-bond acceptors (Lipinski definition) is 3. The van der Waals surface area contributed by atoms with Gasteiger partial charge < -0.3 is 10.5 Å². The van der Waals surface area contributed by atoms with E-state index in [-0.39, 0.29) is 0 Å². The van der Waals surface area contributed by atoms with E-state index in [1.807, 2.05) is 0 Å². The first-order valence-corrected chi connectivity index (χ1v) is 8.85. The lowest BCUT2D eigenvalue weighted by Crippen LogP contribution is -2.28. The van der Waals surface area contributed by atoms with Crippen LogP contribution in [-0.4, -0.2) is 31.1 Å². The molecule has 2 aromatic carbocycles. The maximum absolute atomic E-state index is 5.90. The van der Waals surface area contributed by atoms with E-state index in [1.54, 1.807) is 0 Å². The van der Waals surface area contributed by atoms with Gasteiger partial charge in [-0.2, -0.15) is 0 Å². The topological polar surface area (TPSA) is 38.5 Å². The minimum Gasteiger partial charge on any atom is -0.494 e. The van der Waals surface area contributed by atoms with Gasteiger partial charge >= 0.3 is 0 Å². The molecule has 0 aromatic heterocycles. The van der Waals surface area contributed by atoms with Gasteiger partial charge in [0.05, 0.1) is 6.61 Å². The molecule has 0 aliphatic carbocycles. The van der Waals surface area contributed by atoms with E-state index >= 15 is 0 Å². The lowest BCUT2D eigenvalue weighted by Gasteiger charge is -2.22. The molecule has 0 heterocycles. The monoisotopic (exact) mass is 326 g/mol. The molecule has 0 spiro atoms. The van der Waals surface area contributed by atoms with Crippen LogP contribution in [0, 0.1) is 13.8 Å². The Balaban J connectivity index is 1.78. The molecule has 0 radical (unpaired) electrons. The normalized spacial score (nSPS) is 11.0. The first kappa shape index (κ1) is 18.5. The van der Waals surface area contributed by atoms with Crippen LogP contribution in [0.1, 0.15) is 29.5 Å². The van der Waals surface area contributed by atoms with Gasteiger partial charge in [0.2, 0.25) is 0 Å². The van der Waals surface area contributed by atoms with Gasteiger partial charge in [0, 0.05) is 13.1 Å². The van der Waals surface area contributed by atoms with Crippen molar-refractivity contribution in [2.75, 3.05) is 26.2 Å². The molecule has 2 N–H and O–H groups in total. The van der Waals surface area contributed by atoms with E-state index in [9.17, 15) is 0 Å². The van der Waals surface area contributed by atoms with Crippen molar-refractivity contribution in [1.29, 1.82) is 0 Å². The summed E-state index contributed by atoms with van der Waals surface area (Å²) in [6.07, 6.45) is 2.05. The Morgan fingerprint density at radius 3 is 2.38 bits per heavy atom. The van der Waals surface area contributed by atoms with Crippen LogP contribution in [0.5, 0.6) is 5.75 Å². The Morgan fingerprint density at radius 1 is 0.917 bits per heavy atom. The number of nitrogens with two attached hydrogens (primary N) is 1. The van der Waals surface area contributed by atoms with E-state index < -0.39 is 0 Å². The summed E-state index contributed by atoms with van der Waals surface area (Å²) >= 11 is 0. The van der Waals surface area contributed by atoms with E-state index in [0.717, 1.165) is 51.4 Å². The van der Waals surface area contributed by atoms with Gasteiger partial charge in [0.15, 0.2) is 0 Å². The lowest BCUT2D eigenvalue weighted by molar-refractivity contribution is 0.227. The fourth-order valence-corrected chi connectivity index (χ4v) is 2.71. The molecule has 130 valence electrons. The van der Waals surface area contributed by atoms with Crippen LogP contribution in [-0.2, 0) is 6.54 Å². The molecule has 3 nitrogen and oxygen atoms in total. The molecule has 0 bridgehead atoms. The van der Waals surface area contributed by atoms with Crippen LogP contribution in [0.15, 0.2) is 48.5 Å². The van der Waals surface area contributed by atoms with Gasteiger partial charge in [-0.05, 0) is 68.6 Å². The molecule has 0 aliphatic rings. The molecular formula is C21H30N2O. The van der Waals surface area contributed by atoms with Crippen molar-refractivity contribution < 1.29 is 4.74 Å². The fourth-order valence-electron chi connectivity index (χ4n) is 2.71. The van der Waals surface area contributed by atoms with Crippen molar-refractivity contribution >= 4 is 0 Å². The van der Waals surface area contributed by atoms with Gasteiger partial charge in [0.1, 0.15) is 5.75 Å². The number of hydrogen-bond donors (Lipinski definition) is 1. The summed E-state index contributed by atoms with van der Waals surface area (Å²) in [7, 11) is 0. The van der Waals surface area contributed by atoms with Crippen molar-refractivity contribution in [3.05, 3.63) is 65.2 Å². The summed E-state index contributed by atoms with van der Waals surface area (Å²) in [6, 6.07) is 16.9. The summed E-state index contributed by atoms with van der Waals surface area (Å²) in [5, 5.41) is 0. The third-order valence-electron chi connectivity index (χ3n) is 4.29. The third-order valence-corrected chi connectivity index (χ3v) is 4.29. The molecular weight excluding hydrogens is 296 g/mol. The van der Waals surface area contributed by atoms with E-state index in [1.165, 1.54) is 16.7 Å². The summed E-state index contributed by atoms with van der Waals surface area (Å²) in [5.41, 5.74) is 9.61. The zero-order valence-corrected chi connectivity index (χ0v) is 15.0. The summed E-state index contributed by atoms with van der Waals surface area (Å²) in [6.45, 7) is 8.77. The minimum absolute atomic E-state index is 0.741. The Morgan fingerprint density at radius 2 is 1.67 bits per heavy atom. The quantitative estimate of drug-likeness (QED) is 0.673. The van der Waals surface area contributed by atoms with Crippen LogP contribution < -0.4 is 10.5 Å². The first-order chi connectivity index (χ1) is 11.7. The highest BCUT2D eigenvalue weighted by molar-refractivity contribution is 5.33. The Labute approximate surface area is 146 Å². The maximum Gasteiger partial charge on any atom is 0.119 e. The standard InChI is InChI=1S/C21H30N2O/c1-18-10-11-21(16-19(18)2)24-15-7-14-23(13-6-12-22)17-20-8-4-3-5-9-20/h3-5,8-11,16H,6-7,12-15,17,22H2,1-2H3. The second kappa shape index (κ2) is 10.1. The molecule has 0 fully saturated rings. The minimum atomic E-state index is 0.741. The van der Waals surface area contributed by atoms with Crippen LogP contribution >= 0.6 is 0 Å². The average Bonchev–Trinajstić information content (AvgIpc) is 2.60. The lowest BCUT2D eigenvalue weighted by atomic mass is 10.1. The molecule has 0 unspecified atom stereocenters. The molecule has 0 atom stereocenters. The van der Waals surface area contributed by atoms with Crippen LogP contribution in [0.25, 0.3) is 0 Å². The Kier molecular flexibility index (Phi) is 7.80. The molecule has 0 amide bonds. The predicted molar refractivity (Wildman–Crippen MR) is 101 cm³/mol. The van der Waals surface area contributed by atoms with Crippen molar-refractivity contribution in [1.82, 2.24) is 4.90 Å². The van der Waals surface area contributed by atoms with Crippen molar-refractivity contribution in [3.63, 3.8) is 0 Å². The first-order valence-electron chi connectivity index (χ1n) is 8.85. The second-order valence-electron chi connectivity index (χ2n) is 6.35. The van der Waals surface area contributed by atoms with Crippen LogP contribution in [0.3, 0.4) is 0 Å². The zero-order valence-electron chi connectivity index (χ0n) is 15.0. The molecule has 24 heavy (non-hydrogen) atoms. The van der Waals surface area contributed by atoms with Crippen LogP contribution in [0.4, 0.5) is 0 Å². The second-order valence-corrected chi connectivity index (χ2v) is 6.35. The average molecular weight is 326 g/mol. The van der Waals surface area contributed by atoms with Gasteiger partial charge in [-0.3, -0.25) is 4.90 Å². The molecule has 3 heteroatoms. The van der Waals surface area contributed by atoms with Crippen molar-refractivity contribution in [3.8, 4) is 5.75 Å². The third kappa shape index (κ3) is 6.34. The molecule has 2 aromatic rings. The van der Waals surface area contributed by atoms with Crippen molar-refractivity contribution in [2.24, 2.45) is 5.73 Å².